The van der Waals surface area contributed by atoms with Gasteiger partial charge in [0.1, 0.15) is 5.69 Å². The Morgan fingerprint density at radius 2 is 2.38 bits per heavy atom. The van der Waals surface area contributed by atoms with Crippen molar-refractivity contribution in [2.24, 2.45) is 7.05 Å². The maximum Gasteiger partial charge on any atom is 0.272 e. The highest BCUT2D eigenvalue weighted by Crippen LogP contribution is 2.14. The molecule has 2 heterocycles. The number of ether oxygens (including phenoxy) is 2. The van der Waals surface area contributed by atoms with Crippen molar-refractivity contribution in [1.29, 1.82) is 0 Å². The lowest BCUT2D eigenvalue weighted by Gasteiger charge is -2.32. The topological polar surface area (TPSA) is 56.6 Å². The van der Waals surface area contributed by atoms with E-state index < -0.39 is 0 Å². The summed E-state index contributed by atoms with van der Waals surface area (Å²) in [6, 6.07) is 1.91. The van der Waals surface area contributed by atoms with Crippen molar-refractivity contribution in [2.75, 3.05) is 33.4 Å². The molecule has 0 bridgehead atoms. The quantitative estimate of drug-likeness (QED) is 0.792. The molecule has 0 aliphatic carbocycles. The largest absolute Gasteiger partial charge is 0.385 e. The van der Waals surface area contributed by atoms with Crippen molar-refractivity contribution in [3.63, 3.8) is 0 Å². The van der Waals surface area contributed by atoms with Crippen LogP contribution in [0.1, 0.15) is 35.9 Å². The summed E-state index contributed by atoms with van der Waals surface area (Å²) in [4.78, 5) is 14.5. The maximum absolute atomic E-state index is 12.6. The first-order valence-corrected chi connectivity index (χ1v) is 7.58. The zero-order valence-corrected chi connectivity index (χ0v) is 13.2. The van der Waals surface area contributed by atoms with Crippen LogP contribution in [0.3, 0.4) is 0 Å². The molecule has 6 nitrogen and oxygen atoms in total. The Morgan fingerprint density at radius 1 is 1.57 bits per heavy atom. The van der Waals surface area contributed by atoms with E-state index in [9.17, 15) is 4.79 Å². The Labute approximate surface area is 126 Å². The molecule has 1 atom stereocenters. The number of aromatic nitrogens is 2. The molecule has 1 saturated heterocycles. The van der Waals surface area contributed by atoms with E-state index in [4.69, 9.17) is 9.47 Å². The number of amides is 1. The molecule has 0 aromatic carbocycles. The summed E-state index contributed by atoms with van der Waals surface area (Å²) in [6.45, 7) is 4.60. The number of carbonyl (C=O) groups excluding carboxylic acids is 1. The van der Waals surface area contributed by atoms with Gasteiger partial charge in [-0.25, -0.2) is 0 Å². The van der Waals surface area contributed by atoms with Crippen molar-refractivity contribution in [3.05, 3.63) is 17.5 Å². The zero-order valence-electron chi connectivity index (χ0n) is 13.2. The molecule has 1 aliphatic heterocycles. The van der Waals surface area contributed by atoms with Gasteiger partial charge in [-0.05, 0) is 18.9 Å². The van der Waals surface area contributed by atoms with Crippen molar-refractivity contribution in [3.8, 4) is 0 Å². The fourth-order valence-electron chi connectivity index (χ4n) is 2.59. The lowest BCUT2D eigenvalue weighted by Crippen LogP contribution is -2.46. The monoisotopic (exact) mass is 295 g/mol. The molecule has 0 spiro atoms. The van der Waals surface area contributed by atoms with Crippen LogP contribution in [0.15, 0.2) is 6.07 Å². The standard InChI is InChI=1S/C15H25N3O3/c1-4-5-12-10-14(17(2)16-12)15(19)18-7-9-21-13(11-18)6-8-20-3/h10,13H,4-9,11H2,1-3H3. The van der Waals surface area contributed by atoms with Crippen LogP contribution in [0.5, 0.6) is 0 Å². The SMILES string of the molecule is CCCc1cc(C(=O)N2CCOC(CCOC)C2)n(C)n1. The molecule has 2 rings (SSSR count). The fraction of sp³-hybridized carbons (Fsp3) is 0.733. The van der Waals surface area contributed by atoms with Gasteiger partial charge in [0, 0.05) is 33.9 Å². The number of hydrogen-bond acceptors (Lipinski definition) is 4. The minimum atomic E-state index is 0.0399. The van der Waals surface area contributed by atoms with Crippen LogP contribution in [0.2, 0.25) is 0 Å². The lowest BCUT2D eigenvalue weighted by atomic mass is 10.2. The Hall–Kier alpha value is -1.40. The summed E-state index contributed by atoms with van der Waals surface area (Å²) in [5, 5.41) is 4.40. The third-order valence-electron chi connectivity index (χ3n) is 3.73. The molecular weight excluding hydrogens is 270 g/mol. The summed E-state index contributed by atoms with van der Waals surface area (Å²) < 4.78 is 12.4. The highest BCUT2D eigenvalue weighted by molar-refractivity contribution is 5.92. The molecular formula is C15H25N3O3. The van der Waals surface area contributed by atoms with Gasteiger partial charge in [0.05, 0.1) is 18.4 Å². The first-order valence-electron chi connectivity index (χ1n) is 7.58. The lowest BCUT2D eigenvalue weighted by molar-refractivity contribution is -0.0335. The predicted molar refractivity (Wildman–Crippen MR) is 79.3 cm³/mol. The molecule has 1 fully saturated rings. The van der Waals surface area contributed by atoms with Crippen molar-refractivity contribution in [2.45, 2.75) is 32.3 Å². The second kappa shape index (κ2) is 7.56. The third-order valence-corrected chi connectivity index (χ3v) is 3.73. The van der Waals surface area contributed by atoms with E-state index in [1.807, 2.05) is 18.0 Å². The van der Waals surface area contributed by atoms with Gasteiger partial charge in [-0.15, -0.1) is 0 Å². The number of hydrogen-bond donors (Lipinski definition) is 0. The Morgan fingerprint density at radius 3 is 3.10 bits per heavy atom. The van der Waals surface area contributed by atoms with Crippen molar-refractivity contribution >= 4 is 5.91 Å². The second-order valence-corrected chi connectivity index (χ2v) is 5.42. The van der Waals surface area contributed by atoms with Gasteiger partial charge < -0.3 is 14.4 Å². The molecule has 1 aromatic heterocycles. The molecule has 1 aliphatic rings. The fourth-order valence-corrected chi connectivity index (χ4v) is 2.59. The Balaban J connectivity index is 2.01. The first kappa shape index (κ1) is 16.0. The molecule has 1 amide bonds. The molecule has 0 N–H and O–H groups in total. The minimum absolute atomic E-state index is 0.0399. The van der Waals surface area contributed by atoms with E-state index >= 15 is 0 Å². The smallest absolute Gasteiger partial charge is 0.272 e. The van der Waals surface area contributed by atoms with Gasteiger partial charge in [0.25, 0.3) is 5.91 Å². The van der Waals surface area contributed by atoms with Crippen LogP contribution >= 0.6 is 0 Å². The van der Waals surface area contributed by atoms with Gasteiger partial charge in [0.2, 0.25) is 0 Å². The van der Waals surface area contributed by atoms with E-state index in [-0.39, 0.29) is 12.0 Å². The highest BCUT2D eigenvalue weighted by Gasteiger charge is 2.26. The van der Waals surface area contributed by atoms with E-state index in [1.165, 1.54) is 0 Å². The van der Waals surface area contributed by atoms with Crippen LogP contribution in [-0.4, -0.2) is 60.1 Å². The highest BCUT2D eigenvalue weighted by atomic mass is 16.5. The summed E-state index contributed by atoms with van der Waals surface area (Å²) in [5.41, 5.74) is 1.64. The normalized spacial score (nSPS) is 19.0. The average molecular weight is 295 g/mol. The molecule has 1 unspecified atom stereocenters. The van der Waals surface area contributed by atoms with Gasteiger partial charge in [-0.1, -0.05) is 13.3 Å². The van der Waals surface area contributed by atoms with E-state index in [1.54, 1.807) is 11.8 Å². The summed E-state index contributed by atoms with van der Waals surface area (Å²) >= 11 is 0. The summed E-state index contributed by atoms with van der Waals surface area (Å²) in [7, 11) is 3.51. The van der Waals surface area contributed by atoms with Crippen LogP contribution in [0.4, 0.5) is 0 Å². The van der Waals surface area contributed by atoms with Gasteiger partial charge >= 0.3 is 0 Å². The molecule has 0 saturated carbocycles. The molecule has 1 aromatic rings. The zero-order chi connectivity index (χ0) is 15.2. The Bertz CT molecular complexity index is 473. The van der Waals surface area contributed by atoms with Crippen LogP contribution in [-0.2, 0) is 22.9 Å². The maximum atomic E-state index is 12.6. The predicted octanol–water partition coefficient (Wildman–Crippen LogP) is 1.25. The van der Waals surface area contributed by atoms with Crippen LogP contribution in [0, 0.1) is 0 Å². The average Bonchev–Trinajstić information content (AvgIpc) is 2.86. The number of nitrogens with zero attached hydrogens (tertiary/aromatic N) is 3. The van der Waals surface area contributed by atoms with E-state index in [2.05, 4.69) is 12.0 Å². The van der Waals surface area contributed by atoms with Gasteiger partial charge in [-0.2, -0.15) is 5.10 Å². The van der Waals surface area contributed by atoms with Crippen LogP contribution in [0.25, 0.3) is 0 Å². The van der Waals surface area contributed by atoms with E-state index in [0.717, 1.165) is 25.0 Å². The minimum Gasteiger partial charge on any atom is -0.385 e. The molecule has 0 radical (unpaired) electrons. The van der Waals surface area contributed by atoms with Crippen molar-refractivity contribution < 1.29 is 14.3 Å². The van der Waals surface area contributed by atoms with E-state index in [0.29, 0.717) is 32.0 Å². The third kappa shape index (κ3) is 4.04. The number of aryl methyl sites for hydroxylation is 2. The number of methoxy groups -OCH3 is 1. The second-order valence-electron chi connectivity index (χ2n) is 5.42. The number of carbonyl (C=O) groups is 1. The number of morpholine rings is 1. The Kier molecular flexibility index (Phi) is 5.76. The molecule has 118 valence electrons. The first-order chi connectivity index (χ1) is 10.2. The van der Waals surface area contributed by atoms with Gasteiger partial charge in [0.15, 0.2) is 0 Å². The summed E-state index contributed by atoms with van der Waals surface area (Å²) in [6.07, 6.45) is 2.81. The van der Waals surface area contributed by atoms with Gasteiger partial charge in [-0.3, -0.25) is 9.48 Å². The van der Waals surface area contributed by atoms with Crippen LogP contribution < -0.4 is 0 Å². The van der Waals surface area contributed by atoms with Crippen molar-refractivity contribution in [1.82, 2.24) is 14.7 Å². The molecule has 6 heteroatoms. The molecule has 21 heavy (non-hydrogen) atoms. The summed E-state index contributed by atoms with van der Waals surface area (Å²) in [5.74, 6) is 0.0399. The number of rotatable bonds is 6.